The van der Waals surface area contributed by atoms with Crippen LogP contribution in [-0.2, 0) is 16.1 Å². The summed E-state index contributed by atoms with van der Waals surface area (Å²) in [6.07, 6.45) is 11.8. The lowest BCUT2D eigenvalue weighted by Crippen LogP contribution is -2.50. The number of rotatable bonds is 6. The molecule has 7 nitrogen and oxygen atoms in total. The van der Waals surface area contributed by atoms with Gasteiger partial charge in [0, 0.05) is 5.70 Å². The smallest absolute Gasteiger partial charge is 0.325 e. The van der Waals surface area contributed by atoms with E-state index in [1.54, 1.807) is 17.2 Å². The quantitative estimate of drug-likeness (QED) is 0.716. The molecule has 1 saturated carbocycles. The van der Waals surface area contributed by atoms with Gasteiger partial charge in [-0.2, -0.15) is 0 Å². The van der Waals surface area contributed by atoms with Gasteiger partial charge in [-0.05, 0) is 69.4 Å². The Morgan fingerprint density at radius 2 is 2.10 bits per heavy atom. The molecule has 3 aliphatic rings. The Balaban J connectivity index is 1.48. The van der Waals surface area contributed by atoms with Crippen molar-refractivity contribution < 1.29 is 18.8 Å². The largest absolute Gasteiger partial charge is 0.467 e. The van der Waals surface area contributed by atoms with Crippen LogP contribution < -0.4 is 5.32 Å². The zero-order chi connectivity index (χ0) is 21.1. The molecule has 0 radical (unpaired) electrons. The van der Waals surface area contributed by atoms with E-state index >= 15 is 0 Å². The van der Waals surface area contributed by atoms with Crippen LogP contribution in [-0.4, -0.2) is 39.7 Å². The van der Waals surface area contributed by atoms with Crippen LogP contribution in [0.15, 0.2) is 34.6 Å². The van der Waals surface area contributed by atoms with Gasteiger partial charge in [-0.3, -0.25) is 14.5 Å². The fourth-order valence-corrected chi connectivity index (χ4v) is 4.93. The fraction of sp³-hybridized carbons (Fsp3) is 0.609. The topological polar surface area (TPSA) is 82.9 Å². The number of hydrogen-bond donors (Lipinski definition) is 1. The first-order chi connectivity index (χ1) is 14.5. The molecule has 30 heavy (non-hydrogen) atoms. The van der Waals surface area contributed by atoms with Gasteiger partial charge in [0.2, 0.25) is 5.91 Å². The van der Waals surface area contributed by atoms with Crippen molar-refractivity contribution >= 4 is 17.8 Å². The first-order valence-electron chi connectivity index (χ1n) is 11.2. The molecule has 4 rings (SSSR count). The zero-order valence-corrected chi connectivity index (χ0v) is 17.7. The van der Waals surface area contributed by atoms with E-state index in [-0.39, 0.29) is 18.4 Å². The molecule has 1 saturated heterocycles. The number of nitrogens with zero attached hydrogens (tertiary/aromatic N) is 2. The minimum Gasteiger partial charge on any atom is -0.467 e. The highest BCUT2D eigenvalue weighted by molar-refractivity contribution is 6.09. The van der Waals surface area contributed by atoms with Crippen LogP contribution in [0.2, 0.25) is 0 Å². The number of amides is 4. The summed E-state index contributed by atoms with van der Waals surface area (Å²) in [7, 11) is 0. The molecule has 0 bridgehead atoms. The number of urea groups is 1. The summed E-state index contributed by atoms with van der Waals surface area (Å²) in [5.41, 5.74) is 0.131. The molecule has 2 aliphatic carbocycles. The Labute approximate surface area is 177 Å². The summed E-state index contributed by atoms with van der Waals surface area (Å²) in [5, 5.41) is 2.92. The minimum absolute atomic E-state index is 0.234. The van der Waals surface area contributed by atoms with Gasteiger partial charge in [0.1, 0.15) is 17.8 Å². The number of furan rings is 1. The van der Waals surface area contributed by atoms with E-state index in [0.717, 1.165) is 55.5 Å². The molecule has 1 aliphatic heterocycles. The summed E-state index contributed by atoms with van der Waals surface area (Å²) < 4.78 is 5.45. The van der Waals surface area contributed by atoms with Gasteiger partial charge in [0.15, 0.2) is 0 Å². The molecular weight excluding hydrogens is 382 g/mol. The molecule has 4 amide bonds. The van der Waals surface area contributed by atoms with Crippen LogP contribution in [0.1, 0.15) is 70.5 Å². The second-order valence-electron chi connectivity index (χ2n) is 8.76. The maximum atomic E-state index is 13.3. The van der Waals surface area contributed by atoms with Gasteiger partial charge in [0.25, 0.3) is 5.91 Å². The molecule has 0 aromatic carbocycles. The maximum Gasteiger partial charge on any atom is 0.325 e. The first-order valence-corrected chi connectivity index (χ1v) is 11.2. The summed E-state index contributed by atoms with van der Waals surface area (Å²) in [6, 6.07) is 3.18. The Bertz CT molecular complexity index is 822. The molecule has 1 aromatic heterocycles. The highest BCUT2D eigenvalue weighted by atomic mass is 16.3. The van der Waals surface area contributed by atoms with Crippen molar-refractivity contribution in [3.8, 4) is 0 Å². The van der Waals surface area contributed by atoms with Gasteiger partial charge in [-0.1, -0.05) is 19.4 Å². The number of nitrogens with one attached hydrogen (secondary N) is 1. The molecule has 2 fully saturated rings. The van der Waals surface area contributed by atoms with Crippen molar-refractivity contribution in [3.05, 3.63) is 35.9 Å². The normalized spacial score (nSPS) is 26.6. The highest BCUT2D eigenvalue weighted by Gasteiger charge is 2.52. The van der Waals surface area contributed by atoms with Gasteiger partial charge >= 0.3 is 6.03 Å². The van der Waals surface area contributed by atoms with E-state index in [9.17, 15) is 14.4 Å². The first kappa shape index (κ1) is 20.7. The number of hydrogen-bond acceptors (Lipinski definition) is 4. The van der Waals surface area contributed by atoms with Crippen LogP contribution >= 0.6 is 0 Å². The molecule has 162 valence electrons. The Hall–Kier alpha value is -2.57. The number of carbonyl (C=O) groups excluding carboxylic acids is 3. The van der Waals surface area contributed by atoms with Crippen molar-refractivity contribution in [2.24, 2.45) is 5.92 Å². The average molecular weight is 414 g/mol. The minimum atomic E-state index is -0.820. The third-order valence-corrected chi connectivity index (χ3v) is 6.88. The van der Waals surface area contributed by atoms with E-state index in [0.29, 0.717) is 31.1 Å². The Morgan fingerprint density at radius 3 is 2.73 bits per heavy atom. The summed E-state index contributed by atoms with van der Waals surface area (Å²) in [5.74, 6) is 0.799. The van der Waals surface area contributed by atoms with Crippen LogP contribution in [0.25, 0.3) is 0 Å². The monoisotopic (exact) mass is 413 g/mol. The van der Waals surface area contributed by atoms with Crippen LogP contribution in [0.3, 0.4) is 0 Å². The van der Waals surface area contributed by atoms with E-state index in [2.05, 4.69) is 18.3 Å². The van der Waals surface area contributed by atoms with Crippen LogP contribution in [0.5, 0.6) is 0 Å². The molecule has 0 unspecified atom stereocenters. The van der Waals surface area contributed by atoms with Crippen LogP contribution in [0, 0.1) is 5.92 Å². The summed E-state index contributed by atoms with van der Waals surface area (Å²) in [6.45, 7) is 2.24. The molecule has 1 aromatic rings. The average Bonchev–Trinajstić information content (AvgIpc) is 3.36. The van der Waals surface area contributed by atoms with Crippen molar-refractivity contribution in [1.29, 1.82) is 0 Å². The van der Waals surface area contributed by atoms with Crippen molar-refractivity contribution in [1.82, 2.24) is 15.1 Å². The summed E-state index contributed by atoms with van der Waals surface area (Å²) >= 11 is 0. The third kappa shape index (κ3) is 4.02. The lowest BCUT2D eigenvalue weighted by molar-refractivity contribution is -0.139. The predicted molar refractivity (Wildman–Crippen MR) is 111 cm³/mol. The molecular formula is C23H31N3O4. The van der Waals surface area contributed by atoms with Gasteiger partial charge < -0.3 is 14.6 Å². The number of imide groups is 1. The van der Waals surface area contributed by atoms with Gasteiger partial charge in [-0.25, -0.2) is 4.79 Å². The number of allylic oxidation sites excluding steroid dienone is 2. The van der Waals surface area contributed by atoms with Crippen LogP contribution in [0.4, 0.5) is 4.79 Å². The SMILES string of the molecule is CCC1CCC2(CC1)NC(=O)N(CC(=O)N(Cc1ccco1)C1=CCCCC1)C2=O. The highest BCUT2D eigenvalue weighted by Crippen LogP contribution is 2.37. The zero-order valence-electron chi connectivity index (χ0n) is 17.7. The van der Waals surface area contributed by atoms with Gasteiger partial charge in [0.05, 0.1) is 12.8 Å². The Kier molecular flexibility index (Phi) is 5.97. The van der Waals surface area contributed by atoms with E-state index in [1.165, 1.54) is 0 Å². The fourth-order valence-electron chi connectivity index (χ4n) is 4.93. The van der Waals surface area contributed by atoms with Crippen molar-refractivity contribution in [3.63, 3.8) is 0 Å². The maximum absolute atomic E-state index is 13.3. The van der Waals surface area contributed by atoms with E-state index in [4.69, 9.17) is 4.42 Å². The van der Waals surface area contributed by atoms with E-state index in [1.807, 2.05) is 6.07 Å². The second-order valence-corrected chi connectivity index (χ2v) is 8.76. The standard InChI is InChI=1S/C23H31N3O4/c1-2-17-10-12-23(13-11-17)21(28)26(22(29)24-23)16-20(27)25(15-19-9-6-14-30-19)18-7-4-3-5-8-18/h6-7,9,14,17H,2-5,8,10-13,15-16H2,1H3,(H,24,29). The molecule has 2 heterocycles. The molecule has 0 atom stereocenters. The number of carbonyl (C=O) groups is 3. The molecule has 1 spiro atoms. The Morgan fingerprint density at radius 1 is 1.30 bits per heavy atom. The molecule has 7 heteroatoms. The predicted octanol–water partition coefficient (Wildman–Crippen LogP) is 3.96. The van der Waals surface area contributed by atoms with E-state index < -0.39 is 11.6 Å². The lowest BCUT2D eigenvalue weighted by Gasteiger charge is -2.34. The van der Waals surface area contributed by atoms with Gasteiger partial charge in [-0.15, -0.1) is 0 Å². The van der Waals surface area contributed by atoms with Crippen molar-refractivity contribution in [2.75, 3.05) is 6.54 Å². The van der Waals surface area contributed by atoms with Crippen molar-refractivity contribution in [2.45, 2.75) is 76.8 Å². The second kappa shape index (κ2) is 8.66. The molecule has 1 N–H and O–H groups in total. The third-order valence-electron chi connectivity index (χ3n) is 6.88. The summed E-state index contributed by atoms with van der Waals surface area (Å²) in [4.78, 5) is 41.9. The lowest BCUT2D eigenvalue weighted by atomic mass is 9.75.